The second-order valence-electron chi connectivity index (χ2n) is 6.86. The van der Waals surface area contributed by atoms with Gasteiger partial charge in [-0.05, 0) is 29.3 Å². The van der Waals surface area contributed by atoms with Crippen molar-refractivity contribution in [3.8, 4) is 5.75 Å². The minimum absolute atomic E-state index is 0.00957. The number of amides is 2. The van der Waals surface area contributed by atoms with Gasteiger partial charge in [0.25, 0.3) is 5.91 Å². The van der Waals surface area contributed by atoms with Crippen LogP contribution in [0.4, 0.5) is 0 Å². The van der Waals surface area contributed by atoms with E-state index in [-0.39, 0.29) is 24.1 Å². The Bertz CT molecular complexity index is 811. The number of fused-ring (bicyclic) bond motifs is 1. The average molecular weight is 369 g/mol. The molecule has 1 fully saturated rings. The Hall–Kier alpha value is -2.80. The Morgan fingerprint density at radius 2 is 1.96 bits per heavy atom. The minimum Gasteiger partial charge on any atom is -0.493 e. The summed E-state index contributed by atoms with van der Waals surface area (Å²) in [6, 6.07) is 9.61. The molecule has 7 heteroatoms. The molecule has 0 atom stereocenters. The van der Waals surface area contributed by atoms with E-state index in [0.29, 0.717) is 13.1 Å². The number of furan rings is 1. The Labute approximate surface area is 157 Å². The van der Waals surface area contributed by atoms with Gasteiger partial charge < -0.3 is 19.4 Å². The second-order valence-corrected chi connectivity index (χ2v) is 6.86. The molecule has 0 bridgehead atoms. The third kappa shape index (κ3) is 4.14. The maximum Gasteiger partial charge on any atom is 0.287 e. The van der Waals surface area contributed by atoms with Crippen LogP contribution in [0, 0.1) is 0 Å². The SMILES string of the molecule is O=C(NCC(=O)N1CCN(Cc2ccc3c(c2)CCO3)CC1)c1ccco1. The zero-order valence-electron chi connectivity index (χ0n) is 15.1. The van der Waals surface area contributed by atoms with Crippen LogP contribution >= 0.6 is 0 Å². The molecule has 4 rings (SSSR count). The molecule has 2 amide bonds. The lowest BCUT2D eigenvalue weighted by Crippen LogP contribution is -2.50. The molecule has 0 aliphatic carbocycles. The molecule has 1 aromatic carbocycles. The van der Waals surface area contributed by atoms with Gasteiger partial charge in [-0.3, -0.25) is 14.5 Å². The molecular formula is C20H23N3O4. The zero-order valence-corrected chi connectivity index (χ0v) is 15.1. The van der Waals surface area contributed by atoms with Crippen molar-refractivity contribution < 1.29 is 18.7 Å². The number of ether oxygens (including phenoxy) is 1. The summed E-state index contributed by atoms with van der Waals surface area (Å²) < 4.78 is 10.6. The van der Waals surface area contributed by atoms with Crippen molar-refractivity contribution in [3.63, 3.8) is 0 Å². The Balaban J connectivity index is 1.22. The molecule has 1 aromatic heterocycles. The minimum atomic E-state index is -0.368. The maximum absolute atomic E-state index is 12.3. The Morgan fingerprint density at radius 1 is 1.11 bits per heavy atom. The summed E-state index contributed by atoms with van der Waals surface area (Å²) in [6.45, 7) is 4.63. The molecule has 0 saturated carbocycles. The van der Waals surface area contributed by atoms with E-state index in [9.17, 15) is 9.59 Å². The van der Waals surface area contributed by atoms with Crippen molar-refractivity contribution in [1.82, 2.24) is 15.1 Å². The van der Waals surface area contributed by atoms with Crippen molar-refractivity contribution in [2.45, 2.75) is 13.0 Å². The van der Waals surface area contributed by atoms with Crippen molar-refractivity contribution in [3.05, 3.63) is 53.5 Å². The van der Waals surface area contributed by atoms with E-state index in [4.69, 9.17) is 9.15 Å². The monoisotopic (exact) mass is 369 g/mol. The molecular weight excluding hydrogens is 346 g/mol. The lowest BCUT2D eigenvalue weighted by molar-refractivity contribution is -0.131. The fraction of sp³-hybridized carbons (Fsp3) is 0.400. The van der Waals surface area contributed by atoms with Crippen LogP contribution in [0.5, 0.6) is 5.75 Å². The van der Waals surface area contributed by atoms with Gasteiger partial charge in [-0.15, -0.1) is 0 Å². The highest BCUT2D eigenvalue weighted by atomic mass is 16.5. The molecule has 1 N–H and O–H groups in total. The van der Waals surface area contributed by atoms with Gasteiger partial charge in [-0.1, -0.05) is 12.1 Å². The topological polar surface area (TPSA) is 75.0 Å². The predicted octanol–water partition coefficient (Wildman–Crippen LogP) is 1.29. The fourth-order valence-corrected chi connectivity index (χ4v) is 3.51. The summed E-state index contributed by atoms with van der Waals surface area (Å²) in [7, 11) is 0. The van der Waals surface area contributed by atoms with Crippen LogP contribution in [0.2, 0.25) is 0 Å². The second kappa shape index (κ2) is 7.84. The first-order valence-electron chi connectivity index (χ1n) is 9.25. The van der Waals surface area contributed by atoms with E-state index in [2.05, 4.69) is 28.4 Å². The zero-order chi connectivity index (χ0) is 18.6. The molecule has 2 aliphatic rings. The van der Waals surface area contributed by atoms with Gasteiger partial charge in [-0.25, -0.2) is 0 Å². The van der Waals surface area contributed by atoms with E-state index in [1.165, 1.54) is 17.4 Å². The average Bonchev–Trinajstić information content (AvgIpc) is 3.38. The highest BCUT2D eigenvalue weighted by Gasteiger charge is 2.22. The summed E-state index contributed by atoms with van der Waals surface area (Å²) in [5.74, 6) is 0.787. The molecule has 0 spiro atoms. The summed E-state index contributed by atoms with van der Waals surface area (Å²) >= 11 is 0. The normalized spacial score (nSPS) is 16.7. The predicted molar refractivity (Wildman–Crippen MR) is 98.5 cm³/mol. The summed E-state index contributed by atoms with van der Waals surface area (Å²) in [6.07, 6.45) is 2.42. The van der Waals surface area contributed by atoms with Gasteiger partial charge in [0.2, 0.25) is 5.91 Å². The largest absolute Gasteiger partial charge is 0.493 e. The van der Waals surface area contributed by atoms with Crippen molar-refractivity contribution in [1.29, 1.82) is 0 Å². The van der Waals surface area contributed by atoms with Crippen LogP contribution in [-0.4, -0.2) is 60.9 Å². The Morgan fingerprint density at radius 3 is 2.74 bits per heavy atom. The quantitative estimate of drug-likeness (QED) is 0.860. The first-order valence-corrected chi connectivity index (χ1v) is 9.25. The lowest BCUT2D eigenvalue weighted by atomic mass is 10.1. The van der Waals surface area contributed by atoms with Crippen LogP contribution in [0.15, 0.2) is 41.0 Å². The number of rotatable bonds is 5. The van der Waals surface area contributed by atoms with Crippen LogP contribution in [0.1, 0.15) is 21.7 Å². The number of hydrogen-bond acceptors (Lipinski definition) is 5. The van der Waals surface area contributed by atoms with Crippen molar-refractivity contribution in [2.24, 2.45) is 0 Å². The summed E-state index contributed by atoms with van der Waals surface area (Å²) in [4.78, 5) is 28.3. The highest BCUT2D eigenvalue weighted by Crippen LogP contribution is 2.26. The van der Waals surface area contributed by atoms with E-state index in [0.717, 1.165) is 38.4 Å². The number of benzene rings is 1. The van der Waals surface area contributed by atoms with Gasteiger partial charge in [0.15, 0.2) is 5.76 Å². The van der Waals surface area contributed by atoms with E-state index < -0.39 is 0 Å². The maximum atomic E-state index is 12.3. The summed E-state index contributed by atoms with van der Waals surface area (Å²) in [5, 5.41) is 2.61. The molecule has 7 nitrogen and oxygen atoms in total. The van der Waals surface area contributed by atoms with E-state index >= 15 is 0 Å². The molecule has 3 heterocycles. The molecule has 0 radical (unpaired) electrons. The van der Waals surface area contributed by atoms with Crippen molar-refractivity contribution in [2.75, 3.05) is 39.3 Å². The van der Waals surface area contributed by atoms with Crippen LogP contribution in [0.25, 0.3) is 0 Å². The molecule has 2 aliphatic heterocycles. The molecule has 0 unspecified atom stereocenters. The number of piperazine rings is 1. The third-order valence-corrected chi connectivity index (χ3v) is 5.03. The summed E-state index contributed by atoms with van der Waals surface area (Å²) in [5.41, 5.74) is 2.57. The van der Waals surface area contributed by atoms with Gasteiger partial charge in [0, 0.05) is 39.1 Å². The van der Waals surface area contributed by atoms with Crippen molar-refractivity contribution >= 4 is 11.8 Å². The van der Waals surface area contributed by atoms with E-state index in [1.807, 2.05) is 0 Å². The fourth-order valence-electron chi connectivity index (χ4n) is 3.51. The number of carbonyl (C=O) groups excluding carboxylic acids is 2. The van der Waals surface area contributed by atoms with Crippen LogP contribution < -0.4 is 10.1 Å². The Kier molecular flexibility index (Phi) is 5.11. The standard InChI is InChI=1S/C20H23N3O4/c24-19(13-21-20(25)18-2-1-10-26-18)23-8-6-22(7-9-23)14-15-3-4-17-16(12-15)5-11-27-17/h1-4,10,12H,5-9,11,13-14H2,(H,21,25). The molecule has 2 aromatic rings. The number of nitrogens with zero attached hydrogens (tertiary/aromatic N) is 2. The van der Waals surface area contributed by atoms with E-state index in [1.54, 1.807) is 17.0 Å². The first-order chi connectivity index (χ1) is 13.2. The number of hydrogen-bond donors (Lipinski definition) is 1. The van der Waals surface area contributed by atoms with Gasteiger partial charge in [0.05, 0.1) is 19.4 Å². The number of carbonyl (C=O) groups is 2. The highest BCUT2D eigenvalue weighted by molar-refractivity contribution is 5.94. The molecule has 142 valence electrons. The van der Waals surface area contributed by atoms with Gasteiger partial charge in [-0.2, -0.15) is 0 Å². The third-order valence-electron chi connectivity index (χ3n) is 5.03. The number of nitrogens with one attached hydrogen (secondary N) is 1. The molecule has 1 saturated heterocycles. The van der Waals surface area contributed by atoms with Gasteiger partial charge in [0.1, 0.15) is 5.75 Å². The molecule has 27 heavy (non-hydrogen) atoms. The smallest absolute Gasteiger partial charge is 0.287 e. The van der Waals surface area contributed by atoms with Crippen LogP contribution in [0.3, 0.4) is 0 Å². The van der Waals surface area contributed by atoms with Gasteiger partial charge >= 0.3 is 0 Å². The first kappa shape index (κ1) is 17.6. The van der Waals surface area contributed by atoms with Crippen LogP contribution in [-0.2, 0) is 17.8 Å². The lowest BCUT2D eigenvalue weighted by Gasteiger charge is -2.34.